The van der Waals surface area contributed by atoms with Crippen molar-refractivity contribution in [3.05, 3.63) is 29.1 Å². The third-order valence-corrected chi connectivity index (χ3v) is 2.56. The van der Waals surface area contributed by atoms with Crippen LogP contribution < -0.4 is 5.46 Å². The first-order chi connectivity index (χ1) is 5.77. The lowest BCUT2D eigenvalue weighted by Gasteiger charge is -2.16. The van der Waals surface area contributed by atoms with Crippen molar-refractivity contribution in [2.45, 2.75) is 25.7 Å². The second-order valence-corrected chi connectivity index (χ2v) is 3.59. The van der Waals surface area contributed by atoms with Crippen molar-refractivity contribution >= 4 is 13.3 Å². The van der Waals surface area contributed by atoms with Crippen LogP contribution in [-0.2, 0) is 12.8 Å². The molecule has 1 aromatic carbocycles. The standard InChI is InChI=1S/C10H12BF/c11-8-5-7-3-1-2-4-9(7)10(12)6-8/h5-6H,1-4,11H2. The third kappa shape index (κ3) is 1.26. The lowest BCUT2D eigenvalue weighted by Crippen LogP contribution is -2.12. The summed E-state index contributed by atoms with van der Waals surface area (Å²) in [6, 6.07) is 3.77. The molecule has 0 nitrogen and oxygen atoms in total. The Morgan fingerprint density at radius 2 is 1.92 bits per heavy atom. The molecule has 0 spiro atoms. The first kappa shape index (κ1) is 7.84. The summed E-state index contributed by atoms with van der Waals surface area (Å²) in [5.74, 6) is 0.00435. The van der Waals surface area contributed by atoms with Gasteiger partial charge in [-0.3, -0.25) is 0 Å². The zero-order chi connectivity index (χ0) is 8.55. The summed E-state index contributed by atoms with van der Waals surface area (Å²) < 4.78 is 13.3. The first-order valence-electron chi connectivity index (χ1n) is 4.55. The van der Waals surface area contributed by atoms with E-state index in [4.69, 9.17) is 0 Å². The van der Waals surface area contributed by atoms with E-state index in [9.17, 15) is 4.39 Å². The fraction of sp³-hybridized carbons (Fsp3) is 0.400. The van der Waals surface area contributed by atoms with Gasteiger partial charge in [0.15, 0.2) is 0 Å². The molecular weight excluding hydrogens is 150 g/mol. The van der Waals surface area contributed by atoms with E-state index in [0.717, 1.165) is 30.3 Å². The van der Waals surface area contributed by atoms with E-state index in [1.165, 1.54) is 12.0 Å². The maximum atomic E-state index is 13.3. The van der Waals surface area contributed by atoms with E-state index in [1.807, 2.05) is 7.85 Å². The number of fused-ring (bicyclic) bond motifs is 1. The minimum Gasteiger partial charge on any atom is -0.207 e. The molecule has 2 rings (SSSR count). The van der Waals surface area contributed by atoms with Crippen LogP contribution in [0.2, 0.25) is 0 Å². The molecule has 0 bridgehead atoms. The van der Waals surface area contributed by atoms with Gasteiger partial charge in [-0.1, -0.05) is 11.5 Å². The highest BCUT2D eigenvalue weighted by molar-refractivity contribution is 6.32. The van der Waals surface area contributed by atoms with Gasteiger partial charge in [-0.05, 0) is 42.9 Å². The lowest BCUT2D eigenvalue weighted by molar-refractivity contribution is 0.580. The molecule has 0 unspecified atom stereocenters. The number of hydrogen-bond donors (Lipinski definition) is 0. The van der Waals surface area contributed by atoms with E-state index in [0.29, 0.717) is 0 Å². The summed E-state index contributed by atoms with van der Waals surface area (Å²) in [4.78, 5) is 0. The minimum absolute atomic E-state index is 0.00435. The van der Waals surface area contributed by atoms with E-state index in [2.05, 4.69) is 6.07 Å². The van der Waals surface area contributed by atoms with Gasteiger partial charge in [0.25, 0.3) is 0 Å². The predicted octanol–water partition coefficient (Wildman–Crippen LogP) is 0.963. The molecule has 0 aromatic heterocycles. The Morgan fingerprint density at radius 1 is 1.17 bits per heavy atom. The van der Waals surface area contributed by atoms with Gasteiger partial charge >= 0.3 is 0 Å². The van der Waals surface area contributed by atoms with Crippen LogP contribution in [0.1, 0.15) is 24.0 Å². The van der Waals surface area contributed by atoms with Crippen LogP contribution in [0.25, 0.3) is 0 Å². The molecule has 0 N–H and O–H groups in total. The van der Waals surface area contributed by atoms with Crippen LogP contribution >= 0.6 is 0 Å². The SMILES string of the molecule is Bc1cc(F)c2c(c1)CCCC2. The highest BCUT2D eigenvalue weighted by atomic mass is 19.1. The summed E-state index contributed by atoms with van der Waals surface area (Å²) >= 11 is 0. The molecule has 0 amide bonds. The van der Waals surface area contributed by atoms with Crippen LogP contribution in [0.4, 0.5) is 4.39 Å². The second-order valence-electron chi connectivity index (χ2n) is 3.59. The van der Waals surface area contributed by atoms with Gasteiger partial charge < -0.3 is 0 Å². The van der Waals surface area contributed by atoms with Crippen LogP contribution in [0.15, 0.2) is 12.1 Å². The van der Waals surface area contributed by atoms with Crippen LogP contribution in [0, 0.1) is 5.82 Å². The monoisotopic (exact) mass is 162 g/mol. The van der Waals surface area contributed by atoms with Gasteiger partial charge in [0, 0.05) is 0 Å². The summed E-state index contributed by atoms with van der Waals surface area (Å²) in [7, 11) is 1.96. The van der Waals surface area contributed by atoms with Gasteiger partial charge in [-0.15, -0.1) is 0 Å². The van der Waals surface area contributed by atoms with Gasteiger partial charge in [0.05, 0.1) is 0 Å². The topological polar surface area (TPSA) is 0 Å². The molecule has 1 aromatic rings. The number of halogens is 1. The zero-order valence-corrected chi connectivity index (χ0v) is 7.36. The van der Waals surface area contributed by atoms with Crippen LogP contribution in [0.5, 0.6) is 0 Å². The molecule has 0 heterocycles. The van der Waals surface area contributed by atoms with Crippen molar-refractivity contribution in [3.63, 3.8) is 0 Å². The minimum atomic E-state index is 0.00435. The van der Waals surface area contributed by atoms with Crippen molar-refractivity contribution in [2.24, 2.45) is 0 Å². The molecule has 0 radical (unpaired) electrons. The fourth-order valence-electron chi connectivity index (χ4n) is 1.96. The summed E-state index contributed by atoms with van der Waals surface area (Å²) in [5, 5.41) is 0. The van der Waals surface area contributed by atoms with Crippen LogP contribution in [-0.4, -0.2) is 7.85 Å². The maximum Gasteiger partial charge on any atom is 0.139 e. The van der Waals surface area contributed by atoms with E-state index < -0.39 is 0 Å². The van der Waals surface area contributed by atoms with Crippen molar-refractivity contribution in [3.8, 4) is 0 Å². The van der Waals surface area contributed by atoms with Crippen molar-refractivity contribution in [1.82, 2.24) is 0 Å². The Kier molecular flexibility index (Phi) is 1.91. The number of aryl methyl sites for hydroxylation is 1. The average molecular weight is 162 g/mol. The molecular formula is C10H12BF. The highest BCUT2D eigenvalue weighted by Crippen LogP contribution is 2.22. The molecule has 0 aliphatic heterocycles. The Morgan fingerprint density at radius 3 is 2.75 bits per heavy atom. The Hall–Kier alpha value is -0.785. The van der Waals surface area contributed by atoms with Gasteiger partial charge in [0.2, 0.25) is 0 Å². The van der Waals surface area contributed by atoms with E-state index >= 15 is 0 Å². The average Bonchev–Trinajstić information content (AvgIpc) is 2.04. The van der Waals surface area contributed by atoms with Crippen molar-refractivity contribution in [2.75, 3.05) is 0 Å². The van der Waals surface area contributed by atoms with Crippen LogP contribution in [0.3, 0.4) is 0 Å². The lowest BCUT2D eigenvalue weighted by atomic mass is 9.85. The molecule has 0 saturated heterocycles. The molecule has 1 aliphatic rings. The second kappa shape index (κ2) is 2.93. The summed E-state index contributed by atoms with van der Waals surface area (Å²) in [6.45, 7) is 0. The molecule has 0 atom stereocenters. The Bertz CT molecular complexity index is 307. The summed E-state index contributed by atoms with van der Waals surface area (Å²) in [5.41, 5.74) is 3.25. The Labute approximate surface area is 73.2 Å². The Balaban J connectivity index is 2.53. The first-order valence-corrected chi connectivity index (χ1v) is 4.55. The quantitative estimate of drug-likeness (QED) is 0.498. The molecule has 62 valence electrons. The molecule has 0 fully saturated rings. The van der Waals surface area contributed by atoms with Crippen molar-refractivity contribution in [1.29, 1.82) is 0 Å². The highest BCUT2D eigenvalue weighted by Gasteiger charge is 2.13. The fourth-order valence-corrected chi connectivity index (χ4v) is 1.96. The smallest absolute Gasteiger partial charge is 0.139 e. The van der Waals surface area contributed by atoms with E-state index in [1.54, 1.807) is 6.07 Å². The molecule has 12 heavy (non-hydrogen) atoms. The maximum absolute atomic E-state index is 13.3. The third-order valence-electron chi connectivity index (χ3n) is 2.56. The predicted molar refractivity (Wildman–Crippen MR) is 51.2 cm³/mol. The molecule has 0 saturated carbocycles. The van der Waals surface area contributed by atoms with Gasteiger partial charge in [-0.2, -0.15) is 0 Å². The number of rotatable bonds is 0. The largest absolute Gasteiger partial charge is 0.207 e. The zero-order valence-electron chi connectivity index (χ0n) is 7.36. The summed E-state index contributed by atoms with van der Waals surface area (Å²) in [6.07, 6.45) is 4.36. The molecule has 2 heteroatoms. The normalized spacial score (nSPS) is 15.8. The van der Waals surface area contributed by atoms with E-state index in [-0.39, 0.29) is 5.82 Å². The number of benzene rings is 1. The van der Waals surface area contributed by atoms with Crippen molar-refractivity contribution < 1.29 is 4.39 Å². The van der Waals surface area contributed by atoms with Gasteiger partial charge in [-0.25, -0.2) is 4.39 Å². The molecule has 1 aliphatic carbocycles. The van der Waals surface area contributed by atoms with Gasteiger partial charge in [0.1, 0.15) is 13.7 Å². The number of hydrogen-bond acceptors (Lipinski definition) is 0.